The Hall–Kier alpha value is -1.85. The SMILES string of the molecule is CCCCCCCCC/C=C\C(CCCCCCC(=O)NCC(=O)O)OC(=O)CCCCCCCCCCCCCCCCCCCCCCC. The number of carbonyl (C=O) groups is 3. The molecule has 300 valence electrons. The molecular formula is C45H85NO5. The van der Waals surface area contributed by atoms with Crippen molar-refractivity contribution in [3.63, 3.8) is 0 Å². The molecule has 0 rings (SSSR count). The molecule has 0 aliphatic heterocycles. The van der Waals surface area contributed by atoms with Crippen molar-refractivity contribution in [2.24, 2.45) is 0 Å². The number of carboxylic acid groups (broad SMARTS) is 1. The van der Waals surface area contributed by atoms with Crippen LogP contribution >= 0.6 is 0 Å². The zero-order valence-electron chi connectivity index (χ0n) is 34.0. The highest BCUT2D eigenvalue weighted by molar-refractivity contribution is 5.80. The summed E-state index contributed by atoms with van der Waals surface area (Å²) in [6.45, 7) is 4.22. The first-order valence-corrected chi connectivity index (χ1v) is 22.3. The highest BCUT2D eigenvalue weighted by Crippen LogP contribution is 2.17. The van der Waals surface area contributed by atoms with Crippen LogP contribution < -0.4 is 5.32 Å². The van der Waals surface area contributed by atoms with E-state index in [1.807, 2.05) is 0 Å². The Labute approximate surface area is 316 Å². The first-order valence-electron chi connectivity index (χ1n) is 22.3. The van der Waals surface area contributed by atoms with Crippen molar-refractivity contribution < 1.29 is 24.2 Å². The minimum Gasteiger partial charge on any atom is -0.480 e. The Kier molecular flexibility index (Phi) is 39.4. The van der Waals surface area contributed by atoms with Crippen molar-refractivity contribution in [2.75, 3.05) is 6.54 Å². The molecule has 1 amide bonds. The molecular weight excluding hydrogens is 634 g/mol. The standard InChI is InChI=1S/C45H85NO5/c1-3-5-7-9-11-13-14-15-16-17-18-19-20-21-22-23-24-26-28-30-36-40-45(50)51-42(37-33-29-27-25-12-10-8-6-4-2)38-34-31-32-35-39-43(47)46-41-44(48)49/h33,37,42H,3-32,34-36,38-41H2,1-2H3,(H,46,47)(H,48,49)/b37-33-. The molecule has 1 atom stereocenters. The van der Waals surface area contributed by atoms with Gasteiger partial charge in [-0.05, 0) is 44.6 Å². The molecule has 0 bridgehead atoms. The fourth-order valence-electron chi connectivity index (χ4n) is 6.84. The van der Waals surface area contributed by atoms with Gasteiger partial charge in [0.2, 0.25) is 5.91 Å². The van der Waals surface area contributed by atoms with E-state index in [0.717, 1.165) is 51.4 Å². The van der Waals surface area contributed by atoms with Gasteiger partial charge in [-0.1, -0.05) is 200 Å². The summed E-state index contributed by atoms with van der Waals surface area (Å²) in [5, 5.41) is 11.1. The zero-order valence-corrected chi connectivity index (χ0v) is 34.0. The van der Waals surface area contributed by atoms with Gasteiger partial charge in [0.1, 0.15) is 12.6 Å². The predicted molar refractivity (Wildman–Crippen MR) is 217 cm³/mol. The maximum absolute atomic E-state index is 12.7. The fourth-order valence-corrected chi connectivity index (χ4v) is 6.84. The lowest BCUT2D eigenvalue weighted by molar-refractivity contribution is -0.147. The fraction of sp³-hybridized carbons (Fsp3) is 0.889. The Balaban J connectivity index is 3.96. The van der Waals surface area contributed by atoms with Crippen molar-refractivity contribution in [1.29, 1.82) is 0 Å². The van der Waals surface area contributed by atoms with E-state index in [1.165, 1.54) is 167 Å². The Morgan fingerprint density at radius 1 is 0.510 bits per heavy atom. The van der Waals surface area contributed by atoms with Gasteiger partial charge in [0, 0.05) is 12.8 Å². The van der Waals surface area contributed by atoms with Crippen LogP contribution in [-0.2, 0) is 19.1 Å². The number of carbonyl (C=O) groups excluding carboxylic acids is 2. The number of amides is 1. The van der Waals surface area contributed by atoms with Crippen molar-refractivity contribution in [3.05, 3.63) is 12.2 Å². The van der Waals surface area contributed by atoms with Gasteiger partial charge in [-0.3, -0.25) is 14.4 Å². The summed E-state index contributed by atoms with van der Waals surface area (Å²) in [6, 6.07) is 0. The third-order valence-corrected chi connectivity index (χ3v) is 10.2. The normalized spacial score (nSPS) is 12.0. The maximum atomic E-state index is 12.7. The molecule has 0 spiro atoms. The number of carboxylic acids is 1. The molecule has 1 unspecified atom stereocenters. The lowest BCUT2D eigenvalue weighted by Gasteiger charge is -2.15. The molecule has 2 N–H and O–H groups in total. The molecule has 0 aromatic rings. The lowest BCUT2D eigenvalue weighted by Crippen LogP contribution is -2.28. The smallest absolute Gasteiger partial charge is 0.322 e. The number of hydrogen-bond donors (Lipinski definition) is 2. The van der Waals surface area contributed by atoms with Crippen molar-refractivity contribution in [3.8, 4) is 0 Å². The molecule has 51 heavy (non-hydrogen) atoms. The van der Waals surface area contributed by atoms with E-state index in [2.05, 4.69) is 31.3 Å². The minimum absolute atomic E-state index is 0.0755. The molecule has 0 aromatic carbocycles. The van der Waals surface area contributed by atoms with Crippen molar-refractivity contribution in [2.45, 2.75) is 251 Å². The van der Waals surface area contributed by atoms with Crippen molar-refractivity contribution in [1.82, 2.24) is 5.32 Å². The second kappa shape index (κ2) is 40.9. The summed E-state index contributed by atoms with van der Waals surface area (Å²) >= 11 is 0. The van der Waals surface area contributed by atoms with E-state index in [4.69, 9.17) is 9.84 Å². The van der Waals surface area contributed by atoms with Gasteiger partial charge in [0.15, 0.2) is 0 Å². The highest BCUT2D eigenvalue weighted by atomic mass is 16.5. The minimum atomic E-state index is -1.02. The summed E-state index contributed by atoms with van der Waals surface area (Å²) in [5.74, 6) is -1.31. The molecule has 0 heterocycles. The average molecular weight is 720 g/mol. The van der Waals surface area contributed by atoms with Crippen LogP contribution in [0.3, 0.4) is 0 Å². The number of hydrogen-bond acceptors (Lipinski definition) is 4. The Bertz CT molecular complexity index is 797. The van der Waals surface area contributed by atoms with Gasteiger partial charge in [-0.2, -0.15) is 0 Å². The number of esters is 1. The summed E-state index contributed by atoms with van der Waals surface area (Å²) < 4.78 is 5.92. The Morgan fingerprint density at radius 3 is 1.31 bits per heavy atom. The molecule has 0 aromatic heterocycles. The number of rotatable bonds is 41. The number of ether oxygens (including phenoxy) is 1. The monoisotopic (exact) mass is 720 g/mol. The third kappa shape index (κ3) is 40.8. The molecule has 6 nitrogen and oxygen atoms in total. The lowest BCUT2D eigenvalue weighted by atomic mass is 10.0. The second-order valence-corrected chi connectivity index (χ2v) is 15.3. The van der Waals surface area contributed by atoms with Gasteiger partial charge in [-0.15, -0.1) is 0 Å². The van der Waals surface area contributed by atoms with Crippen molar-refractivity contribution >= 4 is 17.8 Å². The molecule has 0 saturated carbocycles. The van der Waals surface area contributed by atoms with E-state index in [0.29, 0.717) is 12.8 Å². The van der Waals surface area contributed by atoms with E-state index in [1.54, 1.807) is 0 Å². The summed E-state index contributed by atoms with van der Waals surface area (Å²) in [6.07, 6.45) is 47.9. The zero-order chi connectivity index (χ0) is 37.3. The maximum Gasteiger partial charge on any atom is 0.322 e. The summed E-state index contributed by atoms with van der Waals surface area (Å²) in [4.78, 5) is 35.0. The topological polar surface area (TPSA) is 92.7 Å². The number of unbranched alkanes of at least 4 members (excludes halogenated alkanes) is 30. The number of nitrogens with one attached hydrogen (secondary N) is 1. The second-order valence-electron chi connectivity index (χ2n) is 15.3. The van der Waals surface area contributed by atoms with Crippen LogP contribution in [-0.4, -0.2) is 35.6 Å². The van der Waals surface area contributed by atoms with Gasteiger partial charge < -0.3 is 15.2 Å². The van der Waals surface area contributed by atoms with Gasteiger partial charge in [0.25, 0.3) is 0 Å². The highest BCUT2D eigenvalue weighted by Gasteiger charge is 2.12. The van der Waals surface area contributed by atoms with E-state index >= 15 is 0 Å². The van der Waals surface area contributed by atoms with Crippen LogP contribution in [0.1, 0.15) is 245 Å². The summed E-state index contributed by atoms with van der Waals surface area (Å²) in [7, 11) is 0. The molecule has 0 saturated heterocycles. The Morgan fingerprint density at radius 2 is 0.882 bits per heavy atom. The van der Waals surface area contributed by atoms with E-state index in [-0.39, 0.29) is 24.5 Å². The van der Waals surface area contributed by atoms with E-state index in [9.17, 15) is 14.4 Å². The van der Waals surface area contributed by atoms with Crippen LogP contribution in [0.5, 0.6) is 0 Å². The number of aliphatic carboxylic acids is 1. The molecule has 6 heteroatoms. The average Bonchev–Trinajstić information content (AvgIpc) is 3.11. The van der Waals surface area contributed by atoms with Gasteiger partial charge in [-0.25, -0.2) is 0 Å². The van der Waals surface area contributed by atoms with Crippen LogP contribution in [0.2, 0.25) is 0 Å². The van der Waals surface area contributed by atoms with Crippen LogP contribution in [0.4, 0.5) is 0 Å². The summed E-state index contributed by atoms with van der Waals surface area (Å²) in [5.41, 5.74) is 0. The van der Waals surface area contributed by atoms with Gasteiger partial charge >= 0.3 is 11.9 Å². The van der Waals surface area contributed by atoms with Crippen LogP contribution in [0.15, 0.2) is 12.2 Å². The van der Waals surface area contributed by atoms with Crippen LogP contribution in [0, 0.1) is 0 Å². The van der Waals surface area contributed by atoms with E-state index < -0.39 is 5.97 Å². The molecule has 0 fully saturated rings. The quantitative estimate of drug-likeness (QED) is 0.0373. The molecule has 0 radical (unpaired) electrons. The van der Waals surface area contributed by atoms with Gasteiger partial charge in [0.05, 0.1) is 0 Å². The largest absolute Gasteiger partial charge is 0.480 e. The van der Waals surface area contributed by atoms with Crippen LogP contribution in [0.25, 0.3) is 0 Å². The predicted octanol–water partition coefficient (Wildman–Crippen LogP) is 13.7. The number of allylic oxidation sites excluding steroid dienone is 1. The third-order valence-electron chi connectivity index (χ3n) is 10.2. The first-order chi connectivity index (χ1) is 25.0. The molecule has 0 aliphatic carbocycles. The molecule has 0 aliphatic rings. The first kappa shape index (κ1) is 49.1.